The van der Waals surface area contributed by atoms with Crippen LogP contribution in [0, 0.1) is 11.8 Å². The van der Waals surface area contributed by atoms with Crippen molar-refractivity contribution in [2.45, 2.75) is 18.9 Å². The number of carbonyl (C=O) groups is 1. The van der Waals surface area contributed by atoms with Crippen molar-refractivity contribution in [2.75, 3.05) is 19.6 Å². The van der Waals surface area contributed by atoms with Gasteiger partial charge in [0, 0.05) is 13.1 Å². The van der Waals surface area contributed by atoms with E-state index in [1.165, 1.54) is 11.3 Å². The lowest BCUT2D eigenvalue weighted by molar-refractivity contribution is 0.0575. The molecule has 96 valence electrons. The summed E-state index contributed by atoms with van der Waals surface area (Å²) in [4.78, 5) is 15.4. The molecule has 0 aliphatic carbocycles. The Labute approximate surface area is 110 Å². The predicted octanol–water partition coefficient (Wildman–Crippen LogP) is 0.655. The molecule has 0 saturated carbocycles. The van der Waals surface area contributed by atoms with Gasteiger partial charge in [-0.25, -0.2) is 0 Å². The fourth-order valence-electron chi connectivity index (χ4n) is 1.93. The molecule has 0 aromatic carbocycles. The van der Waals surface area contributed by atoms with Gasteiger partial charge in [-0.3, -0.25) is 4.79 Å². The Bertz CT molecular complexity index is 511. The van der Waals surface area contributed by atoms with Crippen molar-refractivity contribution >= 4 is 17.2 Å². The summed E-state index contributed by atoms with van der Waals surface area (Å²) in [5.74, 6) is 5.64. The maximum atomic E-state index is 12.2. The number of hydrogen-bond donors (Lipinski definition) is 2. The van der Waals surface area contributed by atoms with Crippen LogP contribution < -0.4 is 5.73 Å². The van der Waals surface area contributed by atoms with E-state index < -0.39 is 5.60 Å². The van der Waals surface area contributed by atoms with E-state index >= 15 is 0 Å². The first-order valence-corrected chi connectivity index (χ1v) is 6.64. The summed E-state index contributed by atoms with van der Waals surface area (Å²) < 4.78 is 0. The van der Waals surface area contributed by atoms with E-state index in [0.717, 1.165) is 4.88 Å². The number of nitrogens with two attached hydrogens (primary N) is 1. The molecule has 1 fully saturated rings. The SMILES string of the molecule is CC1(O)CCN(C(=O)c2ccc(C#CCN)s2)C1. The molecule has 0 spiro atoms. The average molecular weight is 264 g/mol. The smallest absolute Gasteiger partial charge is 0.264 e. The van der Waals surface area contributed by atoms with Gasteiger partial charge in [0.05, 0.1) is 21.9 Å². The number of nitrogens with zero attached hydrogens (tertiary/aromatic N) is 1. The van der Waals surface area contributed by atoms with Crippen LogP contribution in [-0.2, 0) is 0 Å². The number of rotatable bonds is 1. The molecule has 1 aliphatic rings. The van der Waals surface area contributed by atoms with Gasteiger partial charge < -0.3 is 15.7 Å². The fraction of sp³-hybridized carbons (Fsp3) is 0.462. The predicted molar refractivity (Wildman–Crippen MR) is 71.4 cm³/mol. The second-order valence-corrected chi connectivity index (χ2v) is 5.73. The second-order valence-electron chi connectivity index (χ2n) is 4.64. The van der Waals surface area contributed by atoms with Crippen LogP contribution in [0.5, 0.6) is 0 Å². The summed E-state index contributed by atoms with van der Waals surface area (Å²) in [5, 5.41) is 9.86. The van der Waals surface area contributed by atoms with Crippen LogP contribution in [-0.4, -0.2) is 41.1 Å². The van der Waals surface area contributed by atoms with E-state index in [-0.39, 0.29) is 5.91 Å². The Morgan fingerprint density at radius 3 is 3.06 bits per heavy atom. The van der Waals surface area contributed by atoms with Crippen molar-refractivity contribution in [2.24, 2.45) is 5.73 Å². The first-order valence-electron chi connectivity index (χ1n) is 5.82. The summed E-state index contributed by atoms with van der Waals surface area (Å²) in [5.41, 5.74) is 4.55. The van der Waals surface area contributed by atoms with Crippen molar-refractivity contribution < 1.29 is 9.90 Å². The highest BCUT2D eigenvalue weighted by atomic mass is 32.1. The lowest BCUT2D eigenvalue weighted by Gasteiger charge is -2.18. The molecule has 1 aromatic rings. The minimum Gasteiger partial charge on any atom is -0.388 e. The molecule has 0 bridgehead atoms. The summed E-state index contributed by atoms with van der Waals surface area (Å²) in [6.07, 6.45) is 0.629. The first-order chi connectivity index (χ1) is 8.52. The molecule has 4 nitrogen and oxygen atoms in total. The van der Waals surface area contributed by atoms with E-state index in [1.807, 2.05) is 6.07 Å². The topological polar surface area (TPSA) is 66.6 Å². The van der Waals surface area contributed by atoms with Crippen LogP contribution in [0.4, 0.5) is 0 Å². The molecule has 1 saturated heterocycles. The highest BCUT2D eigenvalue weighted by Gasteiger charge is 2.34. The number of β-amino-alcohol motifs (C(OH)–C–C–N with tert-alkyl or cyclic N) is 1. The Kier molecular flexibility index (Phi) is 3.71. The Morgan fingerprint density at radius 2 is 2.44 bits per heavy atom. The van der Waals surface area contributed by atoms with Crippen LogP contribution in [0.15, 0.2) is 12.1 Å². The number of amides is 1. The number of thiophene rings is 1. The van der Waals surface area contributed by atoms with Gasteiger partial charge in [0.2, 0.25) is 0 Å². The lowest BCUT2D eigenvalue weighted by Crippen LogP contribution is -2.33. The molecule has 2 heterocycles. The summed E-state index contributed by atoms with van der Waals surface area (Å²) in [7, 11) is 0. The van der Waals surface area contributed by atoms with Crippen LogP contribution in [0.25, 0.3) is 0 Å². The van der Waals surface area contributed by atoms with E-state index in [0.29, 0.717) is 30.9 Å². The third-order valence-corrected chi connectivity index (χ3v) is 3.86. The van der Waals surface area contributed by atoms with E-state index in [2.05, 4.69) is 11.8 Å². The molecule has 3 N–H and O–H groups in total. The van der Waals surface area contributed by atoms with Crippen molar-refractivity contribution in [1.29, 1.82) is 0 Å². The quantitative estimate of drug-likeness (QED) is 0.732. The summed E-state index contributed by atoms with van der Waals surface area (Å²) in [6.45, 7) is 3.07. The zero-order valence-electron chi connectivity index (χ0n) is 10.3. The molecule has 1 aliphatic heterocycles. The summed E-state index contributed by atoms with van der Waals surface area (Å²) in [6, 6.07) is 3.61. The van der Waals surface area contributed by atoms with Crippen LogP contribution >= 0.6 is 11.3 Å². The average Bonchev–Trinajstić information content (AvgIpc) is 2.92. The molecule has 1 atom stereocenters. The van der Waals surface area contributed by atoms with Crippen molar-refractivity contribution in [3.05, 3.63) is 21.9 Å². The highest BCUT2D eigenvalue weighted by Crippen LogP contribution is 2.24. The third kappa shape index (κ3) is 2.91. The van der Waals surface area contributed by atoms with Gasteiger partial charge in [0.25, 0.3) is 5.91 Å². The molecule has 18 heavy (non-hydrogen) atoms. The number of hydrogen-bond acceptors (Lipinski definition) is 4. The highest BCUT2D eigenvalue weighted by molar-refractivity contribution is 7.14. The van der Waals surface area contributed by atoms with E-state index in [1.54, 1.807) is 17.9 Å². The molecular weight excluding hydrogens is 248 g/mol. The van der Waals surface area contributed by atoms with Gasteiger partial charge in [-0.1, -0.05) is 11.8 Å². The minimum absolute atomic E-state index is 0.0291. The fourth-order valence-corrected chi connectivity index (χ4v) is 2.78. The summed E-state index contributed by atoms with van der Waals surface area (Å²) >= 11 is 1.37. The van der Waals surface area contributed by atoms with Gasteiger partial charge in [-0.15, -0.1) is 11.3 Å². The van der Waals surface area contributed by atoms with Crippen molar-refractivity contribution in [1.82, 2.24) is 4.90 Å². The normalized spacial score (nSPS) is 22.7. The van der Waals surface area contributed by atoms with Crippen LogP contribution in [0.3, 0.4) is 0 Å². The maximum absolute atomic E-state index is 12.2. The zero-order valence-corrected chi connectivity index (χ0v) is 11.1. The Hall–Kier alpha value is -1.35. The van der Waals surface area contributed by atoms with Crippen LogP contribution in [0.1, 0.15) is 27.9 Å². The second kappa shape index (κ2) is 5.11. The number of carbonyl (C=O) groups excluding carboxylic acids is 1. The first kappa shape index (κ1) is 13.1. The van der Waals surface area contributed by atoms with Crippen LogP contribution in [0.2, 0.25) is 0 Å². The molecule has 1 aromatic heterocycles. The third-order valence-electron chi connectivity index (χ3n) is 2.87. The standard InChI is InChI=1S/C13H16N2O2S/c1-13(17)6-8-15(9-13)12(16)11-5-4-10(18-11)3-2-7-14/h4-5,17H,6-9,14H2,1H3. The molecule has 0 radical (unpaired) electrons. The van der Waals surface area contributed by atoms with E-state index in [9.17, 15) is 9.90 Å². The van der Waals surface area contributed by atoms with Gasteiger partial charge in [0.15, 0.2) is 0 Å². The largest absolute Gasteiger partial charge is 0.388 e. The molecule has 5 heteroatoms. The van der Waals surface area contributed by atoms with E-state index in [4.69, 9.17) is 5.73 Å². The molecule has 1 amide bonds. The van der Waals surface area contributed by atoms with Gasteiger partial charge in [-0.2, -0.15) is 0 Å². The molecule has 2 rings (SSSR count). The van der Waals surface area contributed by atoms with Gasteiger partial charge in [0.1, 0.15) is 0 Å². The van der Waals surface area contributed by atoms with Gasteiger partial charge in [-0.05, 0) is 25.5 Å². The monoisotopic (exact) mass is 264 g/mol. The number of aliphatic hydroxyl groups is 1. The lowest BCUT2D eigenvalue weighted by atomic mass is 10.1. The Balaban J connectivity index is 2.08. The number of likely N-dealkylation sites (tertiary alicyclic amines) is 1. The van der Waals surface area contributed by atoms with Gasteiger partial charge >= 0.3 is 0 Å². The van der Waals surface area contributed by atoms with Crippen molar-refractivity contribution in [3.63, 3.8) is 0 Å². The maximum Gasteiger partial charge on any atom is 0.264 e. The Morgan fingerprint density at radius 1 is 1.67 bits per heavy atom. The zero-order chi connectivity index (χ0) is 13.2. The minimum atomic E-state index is -0.755. The van der Waals surface area contributed by atoms with Crippen molar-refractivity contribution in [3.8, 4) is 11.8 Å². The molecule has 1 unspecified atom stereocenters. The molecular formula is C13H16N2O2S.